The molecule has 94 valence electrons. The van der Waals surface area contributed by atoms with Gasteiger partial charge in [0.25, 0.3) is 0 Å². The van der Waals surface area contributed by atoms with Crippen LogP contribution in [0.4, 0.5) is 4.79 Å². The number of piperidine rings is 1. The normalized spacial score (nSPS) is 21.9. The van der Waals surface area contributed by atoms with Gasteiger partial charge in [-0.25, -0.2) is 4.79 Å². The van der Waals surface area contributed by atoms with Gasteiger partial charge in [-0.3, -0.25) is 0 Å². The largest absolute Gasteiger partial charge is 0.323 e. The Kier molecular flexibility index (Phi) is 4.21. The minimum Gasteiger partial charge on any atom is -0.323 e. The molecule has 0 unspecified atom stereocenters. The maximum absolute atomic E-state index is 12.1. The van der Waals surface area contributed by atoms with Gasteiger partial charge >= 0.3 is 6.03 Å². The average Bonchev–Trinajstić information content (AvgIpc) is 2.73. The Balaban J connectivity index is 1.82. The van der Waals surface area contributed by atoms with E-state index in [4.69, 9.17) is 5.26 Å². The topological polar surface area (TPSA) is 59.4 Å². The van der Waals surface area contributed by atoms with Crippen LogP contribution < -0.4 is 5.32 Å². The second-order valence-electron chi connectivity index (χ2n) is 4.71. The zero-order valence-corrected chi connectivity index (χ0v) is 10.2. The first-order valence-electron chi connectivity index (χ1n) is 6.46. The van der Waals surface area contributed by atoms with Gasteiger partial charge in [0.2, 0.25) is 0 Å². The Labute approximate surface area is 102 Å². The fourth-order valence-electron chi connectivity index (χ4n) is 2.61. The minimum atomic E-state index is 0.176. The van der Waals surface area contributed by atoms with Crippen molar-refractivity contribution in [1.29, 1.82) is 5.26 Å². The van der Waals surface area contributed by atoms with E-state index in [9.17, 15) is 4.79 Å². The standard InChI is InChI=1S/C12H20N4O/c13-5-1-2-8-15-9-10-16(12(15)17)11-3-6-14-7-4-11/h11,14H,1-4,6-10H2. The number of unbranched alkanes of at least 4 members (excludes halogenated alkanes) is 1. The van der Waals surface area contributed by atoms with Crippen LogP contribution in [0.15, 0.2) is 0 Å². The monoisotopic (exact) mass is 236 g/mol. The zero-order chi connectivity index (χ0) is 12.1. The molecule has 2 rings (SSSR count). The Morgan fingerprint density at radius 2 is 2.12 bits per heavy atom. The van der Waals surface area contributed by atoms with E-state index in [-0.39, 0.29) is 6.03 Å². The number of urea groups is 1. The third-order valence-corrected chi connectivity index (χ3v) is 3.59. The Hall–Kier alpha value is -1.28. The van der Waals surface area contributed by atoms with E-state index in [2.05, 4.69) is 11.4 Å². The molecule has 5 nitrogen and oxygen atoms in total. The molecule has 1 N–H and O–H groups in total. The molecular formula is C12H20N4O. The number of nitrogens with zero attached hydrogens (tertiary/aromatic N) is 3. The highest BCUT2D eigenvalue weighted by molar-refractivity contribution is 5.76. The zero-order valence-electron chi connectivity index (χ0n) is 10.2. The smallest absolute Gasteiger partial charge is 0.320 e. The molecule has 17 heavy (non-hydrogen) atoms. The second-order valence-corrected chi connectivity index (χ2v) is 4.71. The molecule has 5 heteroatoms. The van der Waals surface area contributed by atoms with Crippen LogP contribution in [-0.2, 0) is 0 Å². The first-order valence-corrected chi connectivity index (χ1v) is 6.46. The molecular weight excluding hydrogens is 216 g/mol. The Morgan fingerprint density at radius 1 is 1.35 bits per heavy atom. The molecule has 0 radical (unpaired) electrons. The van der Waals surface area contributed by atoms with E-state index >= 15 is 0 Å². The lowest BCUT2D eigenvalue weighted by Gasteiger charge is -2.31. The molecule has 2 saturated heterocycles. The molecule has 0 aromatic rings. The molecule has 2 heterocycles. The number of nitrogens with one attached hydrogen (secondary N) is 1. The van der Waals surface area contributed by atoms with Crippen molar-refractivity contribution >= 4 is 6.03 Å². The predicted octanol–water partition coefficient (Wildman–Crippen LogP) is 0.780. The van der Waals surface area contributed by atoms with E-state index < -0.39 is 0 Å². The summed E-state index contributed by atoms with van der Waals surface area (Å²) in [5.41, 5.74) is 0. The molecule has 0 spiro atoms. The van der Waals surface area contributed by atoms with E-state index in [0.717, 1.165) is 52.0 Å². The molecule has 2 fully saturated rings. The van der Waals surface area contributed by atoms with E-state index in [1.807, 2.05) is 9.80 Å². The minimum absolute atomic E-state index is 0.176. The SMILES string of the molecule is N#CCCCN1CCN(C2CCNCC2)C1=O. The van der Waals surface area contributed by atoms with Crippen LogP contribution in [0, 0.1) is 11.3 Å². The summed E-state index contributed by atoms with van der Waals surface area (Å²) in [5.74, 6) is 0. The van der Waals surface area contributed by atoms with Crippen molar-refractivity contribution in [2.24, 2.45) is 0 Å². The van der Waals surface area contributed by atoms with Gasteiger partial charge in [-0.2, -0.15) is 5.26 Å². The number of amides is 2. The molecule has 2 aliphatic rings. The predicted molar refractivity (Wildman–Crippen MR) is 64.4 cm³/mol. The second kappa shape index (κ2) is 5.87. The highest BCUT2D eigenvalue weighted by Crippen LogP contribution is 2.18. The molecule has 2 amide bonds. The van der Waals surface area contributed by atoms with Gasteiger partial charge in [0.1, 0.15) is 0 Å². The van der Waals surface area contributed by atoms with Crippen LogP contribution in [-0.4, -0.2) is 54.6 Å². The summed E-state index contributed by atoms with van der Waals surface area (Å²) >= 11 is 0. The van der Waals surface area contributed by atoms with E-state index in [1.165, 1.54) is 0 Å². The summed E-state index contributed by atoms with van der Waals surface area (Å²) < 4.78 is 0. The lowest BCUT2D eigenvalue weighted by Crippen LogP contribution is -2.45. The Bertz CT molecular complexity index is 306. The molecule has 0 aromatic carbocycles. The number of hydrogen-bond donors (Lipinski definition) is 1. The van der Waals surface area contributed by atoms with Gasteiger partial charge in [-0.15, -0.1) is 0 Å². The third kappa shape index (κ3) is 2.89. The van der Waals surface area contributed by atoms with Crippen molar-refractivity contribution in [2.45, 2.75) is 31.7 Å². The van der Waals surface area contributed by atoms with Gasteiger partial charge in [-0.1, -0.05) is 0 Å². The van der Waals surface area contributed by atoms with Gasteiger partial charge in [0.05, 0.1) is 6.07 Å². The van der Waals surface area contributed by atoms with Crippen molar-refractivity contribution < 1.29 is 4.79 Å². The maximum atomic E-state index is 12.1. The van der Waals surface area contributed by atoms with Crippen LogP contribution >= 0.6 is 0 Å². The number of nitriles is 1. The van der Waals surface area contributed by atoms with Gasteiger partial charge in [-0.05, 0) is 32.4 Å². The summed E-state index contributed by atoms with van der Waals surface area (Å²) in [6.07, 6.45) is 3.47. The van der Waals surface area contributed by atoms with Crippen molar-refractivity contribution in [3.63, 3.8) is 0 Å². The van der Waals surface area contributed by atoms with E-state index in [1.54, 1.807) is 0 Å². The quantitative estimate of drug-likeness (QED) is 0.734. The molecule has 0 bridgehead atoms. The fraction of sp³-hybridized carbons (Fsp3) is 0.833. The van der Waals surface area contributed by atoms with Gasteiger partial charge < -0.3 is 15.1 Å². The number of carbonyl (C=O) groups is 1. The lowest BCUT2D eigenvalue weighted by atomic mass is 10.1. The van der Waals surface area contributed by atoms with E-state index in [0.29, 0.717) is 12.5 Å². The summed E-state index contributed by atoms with van der Waals surface area (Å²) in [4.78, 5) is 16.1. The van der Waals surface area contributed by atoms with Gasteiger partial charge in [0, 0.05) is 32.1 Å². The van der Waals surface area contributed by atoms with Crippen LogP contribution in [0.1, 0.15) is 25.7 Å². The van der Waals surface area contributed by atoms with Crippen LogP contribution in [0.5, 0.6) is 0 Å². The molecule has 0 atom stereocenters. The summed E-state index contributed by atoms with van der Waals surface area (Å²) in [6.45, 7) is 4.45. The van der Waals surface area contributed by atoms with Crippen molar-refractivity contribution in [3.05, 3.63) is 0 Å². The van der Waals surface area contributed by atoms with Crippen LogP contribution in [0.25, 0.3) is 0 Å². The van der Waals surface area contributed by atoms with Crippen molar-refractivity contribution in [2.75, 3.05) is 32.7 Å². The van der Waals surface area contributed by atoms with Crippen LogP contribution in [0.3, 0.4) is 0 Å². The molecule has 2 aliphatic heterocycles. The first-order chi connectivity index (χ1) is 8.33. The fourth-order valence-corrected chi connectivity index (χ4v) is 2.61. The average molecular weight is 236 g/mol. The third-order valence-electron chi connectivity index (χ3n) is 3.59. The summed E-state index contributed by atoms with van der Waals surface area (Å²) in [6, 6.07) is 2.72. The van der Waals surface area contributed by atoms with Crippen molar-refractivity contribution in [1.82, 2.24) is 15.1 Å². The number of rotatable bonds is 4. The molecule has 0 aromatic heterocycles. The highest BCUT2D eigenvalue weighted by atomic mass is 16.2. The maximum Gasteiger partial charge on any atom is 0.320 e. The van der Waals surface area contributed by atoms with Crippen LogP contribution in [0.2, 0.25) is 0 Å². The lowest BCUT2D eigenvalue weighted by molar-refractivity contribution is 0.165. The highest BCUT2D eigenvalue weighted by Gasteiger charge is 2.33. The summed E-state index contributed by atoms with van der Waals surface area (Å²) in [5, 5.41) is 11.8. The van der Waals surface area contributed by atoms with Gasteiger partial charge in [0.15, 0.2) is 0 Å². The first kappa shape index (κ1) is 12.2. The van der Waals surface area contributed by atoms with Crippen molar-refractivity contribution in [3.8, 4) is 6.07 Å². The number of carbonyl (C=O) groups excluding carboxylic acids is 1. The molecule has 0 saturated carbocycles. The molecule has 0 aliphatic carbocycles. The Morgan fingerprint density at radius 3 is 2.82 bits per heavy atom. The number of hydrogen-bond acceptors (Lipinski definition) is 3. The summed E-state index contributed by atoms with van der Waals surface area (Å²) in [7, 11) is 0.